The van der Waals surface area contributed by atoms with Gasteiger partial charge >= 0.3 is 0 Å². The molecule has 1 amide bonds. The molecule has 0 N–H and O–H groups in total. The number of nitrogens with zero attached hydrogens (tertiary/aromatic N) is 4. The molecule has 0 bridgehead atoms. The normalized spacial score (nSPS) is 21.7. The molecule has 10 heteroatoms. The van der Waals surface area contributed by atoms with E-state index in [0.29, 0.717) is 29.0 Å². The fourth-order valence-electron chi connectivity index (χ4n) is 5.81. The third-order valence-electron chi connectivity index (χ3n) is 8.27. The van der Waals surface area contributed by atoms with Crippen molar-refractivity contribution in [3.63, 3.8) is 0 Å². The summed E-state index contributed by atoms with van der Waals surface area (Å²) < 4.78 is 38.5. The Balaban J connectivity index is 1.45. The molecule has 216 valence electrons. The average molecular weight is 553 g/mol. The maximum absolute atomic E-state index is 13.2. The first-order chi connectivity index (χ1) is 17.9. The highest BCUT2D eigenvalue weighted by atomic mass is 32.2. The highest BCUT2D eigenvalue weighted by molar-refractivity contribution is 7.89. The molecule has 1 aromatic rings. The number of hydrogen-bond acceptors (Lipinski definition) is 7. The lowest BCUT2D eigenvalue weighted by atomic mass is 9.88. The number of sulfonamides is 1. The number of likely N-dealkylation sites (N-methyl/N-ethyl adjacent to an activating group) is 2. The van der Waals surface area contributed by atoms with Crippen molar-refractivity contribution in [2.24, 2.45) is 0 Å². The Morgan fingerprint density at radius 2 is 1.71 bits per heavy atom. The van der Waals surface area contributed by atoms with Gasteiger partial charge in [-0.25, -0.2) is 8.42 Å². The van der Waals surface area contributed by atoms with E-state index in [4.69, 9.17) is 9.47 Å². The van der Waals surface area contributed by atoms with Crippen LogP contribution in [0.1, 0.15) is 50.7 Å². The number of aryl methyl sites for hydroxylation is 2. The molecule has 2 aliphatic rings. The number of methoxy groups -OCH3 is 1. The van der Waals surface area contributed by atoms with Crippen LogP contribution in [0.2, 0.25) is 0 Å². The number of carbonyl (C=O) groups excluding carboxylic acids is 1. The first kappa shape index (κ1) is 30.8. The van der Waals surface area contributed by atoms with Gasteiger partial charge in [0.05, 0.1) is 18.6 Å². The molecule has 1 saturated heterocycles. The van der Waals surface area contributed by atoms with Crippen LogP contribution in [-0.2, 0) is 19.6 Å². The van der Waals surface area contributed by atoms with Gasteiger partial charge in [0.15, 0.2) is 0 Å². The quantitative estimate of drug-likeness (QED) is 0.391. The summed E-state index contributed by atoms with van der Waals surface area (Å²) in [5.74, 6) is 0.582. The second-order valence-corrected chi connectivity index (χ2v) is 13.1. The Kier molecular flexibility index (Phi) is 11.0. The molecule has 38 heavy (non-hydrogen) atoms. The molecule has 9 nitrogen and oxygen atoms in total. The van der Waals surface area contributed by atoms with Gasteiger partial charge in [0, 0.05) is 64.9 Å². The molecule has 1 saturated carbocycles. The van der Waals surface area contributed by atoms with Gasteiger partial charge in [-0.3, -0.25) is 14.6 Å². The van der Waals surface area contributed by atoms with E-state index in [-0.39, 0.29) is 36.6 Å². The van der Waals surface area contributed by atoms with Crippen molar-refractivity contribution in [2.75, 3.05) is 67.1 Å². The number of carbonyl (C=O) groups is 1. The zero-order chi connectivity index (χ0) is 28.0. The fourth-order valence-corrected chi connectivity index (χ4v) is 7.37. The maximum atomic E-state index is 13.2. The van der Waals surface area contributed by atoms with Crippen molar-refractivity contribution < 1.29 is 22.7 Å². The van der Waals surface area contributed by atoms with Crippen molar-refractivity contribution in [3.05, 3.63) is 23.3 Å². The van der Waals surface area contributed by atoms with Gasteiger partial charge in [-0.05, 0) is 76.6 Å². The summed E-state index contributed by atoms with van der Waals surface area (Å²) in [5, 5.41) is 0. The van der Waals surface area contributed by atoms with Crippen molar-refractivity contribution in [2.45, 2.75) is 76.4 Å². The SMILES string of the molecule is COc1cc(C)c(S(=O)(=O)N(C)CCOCC(=O)N(C)[C@@H]2CCCC(N3CCN(C(C)C)CC3)C2)c(C)c1. The van der Waals surface area contributed by atoms with E-state index in [1.54, 1.807) is 40.1 Å². The highest BCUT2D eigenvalue weighted by Gasteiger charge is 2.32. The second-order valence-electron chi connectivity index (χ2n) is 11.1. The van der Waals surface area contributed by atoms with E-state index in [1.165, 1.54) is 10.7 Å². The summed E-state index contributed by atoms with van der Waals surface area (Å²) in [7, 11) is 1.29. The van der Waals surface area contributed by atoms with Crippen molar-refractivity contribution in [1.29, 1.82) is 0 Å². The van der Waals surface area contributed by atoms with Crippen LogP contribution in [-0.4, -0.2) is 119 Å². The van der Waals surface area contributed by atoms with Crippen molar-refractivity contribution in [3.8, 4) is 5.75 Å². The van der Waals surface area contributed by atoms with Crippen LogP contribution in [0.25, 0.3) is 0 Å². The van der Waals surface area contributed by atoms with Gasteiger partial charge in [-0.15, -0.1) is 0 Å². The van der Waals surface area contributed by atoms with E-state index in [9.17, 15) is 13.2 Å². The molecule has 1 aliphatic carbocycles. The number of piperazine rings is 1. The summed E-state index contributed by atoms with van der Waals surface area (Å²) in [4.78, 5) is 20.2. The number of hydrogen-bond donors (Lipinski definition) is 0. The predicted octanol–water partition coefficient (Wildman–Crippen LogP) is 2.74. The molecular weight excluding hydrogens is 504 g/mol. The minimum atomic E-state index is -3.69. The first-order valence-electron chi connectivity index (χ1n) is 13.9. The fraction of sp³-hybridized carbons (Fsp3) is 0.750. The van der Waals surface area contributed by atoms with Crippen molar-refractivity contribution in [1.82, 2.24) is 19.0 Å². The lowest BCUT2D eigenvalue weighted by Gasteiger charge is -2.44. The van der Waals surface area contributed by atoms with E-state index in [0.717, 1.165) is 45.4 Å². The van der Waals surface area contributed by atoms with E-state index in [1.807, 2.05) is 11.9 Å². The lowest BCUT2D eigenvalue weighted by Crippen LogP contribution is -2.54. The minimum Gasteiger partial charge on any atom is -0.497 e. The van der Waals surface area contributed by atoms with Crippen LogP contribution >= 0.6 is 0 Å². The Hall–Kier alpha value is -1.72. The molecule has 0 aromatic heterocycles. The van der Waals surface area contributed by atoms with Crippen LogP contribution < -0.4 is 4.74 Å². The third kappa shape index (κ3) is 7.47. The Morgan fingerprint density at radius 3 is 2.29 bits per heavy atom. The summed E-state index contributed by atoms with van der Waals surface area (Å²) in [6, 6.07) is 4.79. The summed E-state index contributed by atoms with van der Waals surface area (Å²) in [6.07, 6.45) is 4.35. The third-order valence-corrected chi connectivity index (χ3v) is 10.4. The average Bonchev–Trinajstić information content (AvgIpc) is 2.89. The Bertz CT molecular complexity index is 1020. The topological polar surface area (TPSA) is 82.6 Å². The van der Waals surface area contributed by atoms with Crippen LogP contribution in [0.5, 0.6) is 5.75 Å². The standard InChI is InChI=1S/C28H48N4O5S/c1-21(2)31-11-13-32(14-12-31)25-10-8-9-24(19-25)30(6)27(33)20-37-16-15-29(5)38(34,35)28-22(3)17-26(36-7)18-23(28)4/h17-18,21,24-25H,8-16,19-20H2,1-7H3/t24-,25?/m1/s1. The van der Waals surface area contributed by atoms with Gasteiger partial charge in [0.2, 0.25) is 15.9 Å². The van der Waals surface area contributed by atoms with Crippen molar-refractivity contribution >= 4 is 15.9 Å². The molecule has 2 fully saturated rings. The van der Waals surface area contributed by atoms with Gasteiger partial charge in [-0.2, -0.15) is 4.31 Å². The summed E-state index contributed by atoms with van der Waals surface area (Å²) in [6.45, 7) is 12.8. The zero-order valence-corrected chi connectivity index (χ0v) is 25.2. The highest BCUT2D eigenvalue weighted by Crippen LogP contribution is 2.29. The second kappa shape index (κ2) is 13.6. The molecule has 1 heterocycles. The molecule has 1 unspecified atom stereocenters. The minimum absolute atomic E-state index is 0.0425. The van der Waals surface area contributed by atoms with Crippen LogP contribution in [0, 0.1) is 13.8 Å². The molecule has 0 spiro atoms. The molecule has 2 atom stereocenters. The number of amides is 1. The summed E-state index contributed by atoms with van der Waals surface area (Å²) >= 11 is 0. The van der Waals surface area contributed by atoms with E-state index >= 15 is 0 Å². The lowest BCUT2D eigenvalue weighted by molar-refractivity contribution is -0.138. The maximum Gasteiger partial charge on any atom is 0.248 e. The molecule has 1 aromatic carbocycles. The van der Waals surface area contributed by atoms with Gasteiger partial charge in [0.1, 0.15) is 12.4 Å². The van der Waals surface area contributed by atoms with E-state index in [2.05, 4.69) is 23.6 Å². The number of benzene rings is 1. The van der Waals surface area contributed by atoms with E-state index < -0.39 is 10.0 Å². The monoisotopic (exact) mass is 552 g/mol. The van der Waals surface area contributed by atoms with Gasteiger partial charge in [0.25, 0.3) is 0 Å². The Morgan fingerprint density at radius 1 is 1.08 bits per heavy atom. The van der Waals surface area contributed by atoms with Crippen LogP contribution in [0.15, 0.2) is 17.0 Å². The van der Waals surface area contributed by atoms with Crippen LogP contribution in [0.4, 0.5) is 0 Å². The summed E-state index contributed by atoms with van der Waals surface area (Å²) in [5.41, 5.74) is 1.28. The first-order valence-corrected chi connectivity index (χ1v) is 15.3. The Labute approximate surface area is 230 Å². The molecule has 0 radical (unpaired) electrons. The smallest absolute Gasteiger partial charge is 0.248 e. The van der Waals surface area contributed by atoms with Gasteiger partial charge < -0.3 is 14.4 Å². The number of ether oxygens (including phenoxy) is 2. The largest absolute Gasteiger partial charge is 0.497 e. The molecule has 1 aliphatic heterocycles. The molecular formula is C28H48N4O5S. The van der Waals surface area contributed by atoms with Crippen LogP contribution in [0.3, 0.4) is 0 Å². The zero-order valence-electron chi connectivity index (χ0n) is 24.4. The predicted molar refractivity (Wildman–Crippen MR) is 150 cm³/mol. The molecule has 3 rings (SSSR count). The van der Waals surface area contributed by atoms with Gasteiger partial charge in [-0.1, -0.05) is 0 Å². The number of rotatable bonds is 11.